The van der Waals surface area contributed by atoms with Gasteiger partial charge < -0.3 is 10.2 Å². The van der Waals surface area contributed by atoms with Gasteiger partial charge >= 0.3 is 0 Å². The quantitative estimate of drug-likeness (QED) is 0.597. The van der Waals surface area contributed by atoms with Gasteiger partial charge in [-0.15, -0.1) is 0 Å². The highest BCUT2D eigenvalue weighted by molar-refractivity contribution is 5.94. The number of nitrogens with one attached hydrogen (secondary N) is 1. The molecule has 2 amide bonds. The zero-order valence-corrected chi connectivity index (χ0v) is 19.6. The van der Waals surface area contributed by atoms with Crippen LogP contribution in [0.3, 0.4) is 0 Å². The van der Waals surface area contributed by atoms with Gasteiger partial charge in [-0.3, -0.25) is 9.59 Å². The van der Waals surface area contributed by atoms with Gasteiger partial charge in [-0.1, -0.05) is 69.3 Å². The first kappa shape index (κ1) is 23.3. The molecule has 1 N–H and O–H groups in total. The summed E-state index contributed by atoms with van der Waals surface area (Å²) in [6, 6.07) is 19.8. The molecule has 0 saturated heterocycles. The van der Waals surface area contributed by atoms with Crippen LogP contribution in [0, 0.1) is 6.92 Å². The number of rotatable bonds is 7. The second-order valence-corrected chi connectivity index (χ2v) is 9.09. The molecular weight excluding hydrogens is 400 g/mol. The number of nitrogens with zero attached hydrogens (tertiary/aromatic N) is 3. The molecule has 0 spiro atoms. The molecule has 6 nitrogen and oxygen atoms in total. The zero-order valence-electron chi connectivity index (χ0n) is 19.6. The third kappa shape index (κ3) is 5.84. The molecule has 1 aromatic heterocycles. The normalized spacial score (nSPS) is 11.3. The van der Waals surface area contributed by atoms with Gasteiger partial charge in [0.1, 0.15) is 5.82 Å². The maximum atomic E-state index is 12.9. The predicted octanol–water partition coefficient (Wildman–Crippen LogP) is 4.51. The predicted molar refractivity (Wildman–Crippen MR) is 128 cm³/mol. The molecule has 0 aliphatic heterocycles. The first-order valence-corrected chi connectivity index (χ1v) is 10.9. The Labute approximate surface area is 190 Å². The Balaban J connectivity index is 1.79. The number of aryl methyl sites for hydroxylation is 1. The van der Waals surface area contributed by atoms with Crippen molar-refractivity contribution in [2.75, 3.05) is 18.4 Å². The van der Waals surface area contributed by atoms with Crippen LogP contribution in [0.25, 0.3) is 5.69 Å². The van der Waals surface area contributed by atoms with Gasteiger partial charge in [0.05, 0.1) is 17.9 Å². The summed E-state index contributed by atoms with van der Waals surface area (Å²) in [5, 5.41) is 7.76. The Hall–Kier alpha value is -3.41. The number of carbonyl (C=O) groups is 2. The first-order valence-electron chi connectivity index (χ1n) is 10.9. The third-order valence-electron chi connectivity index (χ3n) is 5.38. The van der Waals surface area contributed by atoms with Crippen LogP contribution in [0.4, 0.5) is 5.82 Å². The fraction of sp³-hybridized carbons (Fsp3) is 0.346. The summed E-state index contributed by atoms with van der Waals surface area (Å²) in [6.07, 6.45) is 0.697. The smallest absolute Gasteiger partial charge is 0.245 e. The van der Waals surface area contributed by atoms with E-state index in [9.17, 15) is 9.59 Å². The van der Waals surface area contributed by atoms with E-state index in [2.05, 4.69) is 26.1 Å². The average Bonchev–Trinajstić information content (AvgIpc) is 3.16. The van der Waals surface area contributed by atoms with Gasteiger partial charge in [-0.05, 0) is 30.5 Å². The molecule has 0 unspecified atom stereocenters. The number of aromatic nitrogens is 2. The van der Waals surface area contributed by atoms with Crippen molar-refractivity contribution in [3.05, 3.63) is 77.5 Å². The van der Waals surface area contributed by atoms with Crippen LogP contribution in [0.5, 0.6) is 0 Å². The van der Waals surface area contributed by atoms with E-state index >= 15 is 0 Å². The molecule has 2 aromatic carbocycles. The lowest BCUT2D eigenvalue weighted by Crippen LogP contribution is -2.38. The maximum absolute atomic E-state index is 12.9. The lowest BCUT2D eigenvalue weighted by atomic mass is 9.92. The van der Waals surface area contributed by atoms with E-state index in [-0.39, 0.29) is 23.8 Å². The van der Waals surface area contributed by atoms with Crippen LogP contribution in [-0.2, 0) is 21.4 Å². The van der Waals surface area contributed by atoms with E-state index in [1.54, 1.807) is 9.58 Å². The fourth-order valence-corrected chi connectivity index (χ4v) is 3.43. The molecule has 32 heavy (non-hydrogen) atoms. The van der Waals surface area contributed by atoms with Gasteiger partial charge in [-0.25, -0.2) is 4.68 Å². The summed E-state index contributed by atoms with van der Waals surface area (Å²) in [6.45, 7) is 10.2. The topological polar surface area (TPSA) is 67.2 Å². The summed E-state index contributed by atoms with van der Waals surface area (Å²) in [4.78, 5) is 26.6. The van der Waals surface area contributed by atoms with E-state index in [4.69, 9.17) is 5.10 Å². The van der Waals surface area contributed by atoms with Gasteiger partial charge in [0.2, 0.25) is 11.8 Å². The largest absolute Gasteiger partial charge is 0.333 e. The first-order chi connectivity index (χ1) is 15.1. The lowest BCUT2D eigenvalue weighted by molar-refractivity contribution is -0.132. The number of amides is 2. The molecule has 0 aliphatic rings. The monoisotopic (exact) mass is 432 g/mol. The molecule has 0 bridgehead atoms. The summed E-state index contributed by atoms with van der Waals surface area (Å²) in [5.74, 6) is 0.225. The van der Waals surface area contributed by atoms with Crippen molar-refractivity contribution in [3.8, 4) is 5.69 Å². The maximum Gasteiger partial charge on any atom is 0.245 e. The minimum atomic E-state index is -0.247. The van der Waals surface area contributed by atoms with Gasteiger partial charge in [0.25, 0.3) is 0 Å². The molecule has 3 rings (SSSR count). The van der Waals surface area contributed by atoms with Crippen LogP contribution >= 0.6 is 0 Å². The molecule has 6 heteroatoms. The highest BCUT2D eigenvalue weighted by Crippen LogP contribution is 2.27. The van der Waals surface area contributed by atoms with E-state index in [1.807, 2.05) is 67.6 Å². The number of hydrogen-bond acceptors (Lipinski definition) is 3. The van der Waals surface area contributed by atoms with Gasteiger partial charge in [0, 0.05) is 24.9 Å². The molecule has 0 fully saturated rings. The SMILES string of the molecule is CC(=O)N(CCc1ccccc1)CC(=O)Nc1cc(C(C)(C)C)nn1-c1ccccc1C. The minimum Gasteiger partial charge on any atom is -0.333 e. The lowest BCUT2D eigenvalue weighted by Gasteiger charge is -2.21. The van der Waals surface area contributed by atoms with Crippen molar-refractivity contribution in [1.82, 2.24) is 14.7 Å². The van der Waals surface area contributed by atoms with Crippen LogP contribution in [-0.4, -0.2) is 39.6 Å². The Morgan fingerprint density at radius 1 is 1.03 bits per heavy atom. The van der Waals surface area contributed by atoms with Crippen LogP contribution in [0.15, 0.2) is 60.7 Å². The second kappa shape index (κ2) is 9.81. The van der Waals surface area contributed by atoms with Crippen molar-refractivity contribution >= 4 is 17.6 Å². The Morgan fingerprint density at radius 3 is 2.31 bits per heavy atom. The number of benzene rings is 2. The van der Waals surface area contributed by atoms with Crippen LogP contribution in [0.1, 0.15) is 44.5 Å². The fourth-order valence-electron chi connectivity index (χ4n) is 3.43. The Kier molecular flexibility index (Phi) is 7.13. The molecule has 0 atom stereocenters. The Morgan fingerprint density at radius 2 is 1.69 bits per heavy atom. The molecule has 3 aromatic rings. The van der Waals surface area contributed by atoms with Gasteiger partial charge in [0.15, 0.2) is 0 Å². The molecule has 0 aliphatic carbocycles. The van der Waals surface area contributed by atoms with Gasteiger partial charge in [-0.2, -0.15) is 5.10 Å². The molecule has 0 saturated carbocycles. The van der Waals surface area contributed by atoms with E-state index in [1.165, 1.54) is 6.92 Å². The van der Waals surface area contributed by atoms with E-state index in [0.29, 0.717) is 18.8 Å². The average molecular weight is 433 g/mol. The van der Waals surface area contributed by atoms with Crippen LogP contribution < -0.4 is 5.32 Å². The summed E-state index contributed by atoms with van der Waals surface area (Å²) >= 11 is 0. The third-order valence-corrected chi connectivity index (χ3v) is 5.38. The van der Waals surface area contributed by atoms with Crippen molar-refractivity contribution in [2.45, 2.75) is 46.5 Å². The molecule has 1 heterocycles. The number of hydrogen-bond donors (Lipinski definition) is 1. The minimum absolute atomic E-state index is 0.00797. The highest BCUT2D eigenvalue weighted by atomic mass is 16.2. The Bertz CT molecular complexity index is 1080. The zero-order chi connectivity index (χ0) is 23.3. The molecule has 0 radical (unpaired) electrons. The van der Waals surface area contributed by atoms with Crippen molar-refractivity contribution in [2.24, 2.45) is 0 Å². The van der Waals surface area contributed by atoms with Crippen LogP contribution in [0.2, 0.25) is 0 Å². The highest BCUT2D eigenvalue weighted by Gasteiger charge is 2.23. The van der Waals surface area contributed by atoms with Crippen molar-refractivity contribution in [1.29, 1.82) is 0 Å². The van der Waals surface area contributed by atoms with E-state index < -0.39 is 0 Å². The summed E-state index contributed by atoms with van der Waals surface area (Å²) in [5.41, 5.74) is 3.80. The standard InChI is InChI=1S/C26H32N4O2/c1-19-11-9-10-14-22(19)30-24(17-23(28-30)26(3,4)5)27-25(32)18-29(20(2)31)16-15-21-12-7-6-8-13-21/h6-14,17H,15-16,18H2,1-5H3,(H,27,32). The number of carbonyl (C=O) groups excluding carboxylic acids is 2. The van der Waals surface area contributed by atoms with Crippen molar-refractivity contribution in [3.63, 3.8) is 0 Å². The molecular formula is C26H32N4O2. The number of anilines is 1. The second-order valence-electron chi connectivity index (χ2n) is 9.09. The summed E-state index contributed by atoms with van der Waals surface area (Å²) in [7, 11) is 0. The van der Waals surface area contributed by atoms with Crippen molar-refractivity contribution < 1.29 is 9.59 Å². The number of para-hydroxylation sites is 1. The summed E-state index contributed by atoms with van der Waals surface area (Å²) < 4.78 is 1.77. The molecule has 168 valence electrons. The van der Waals surface area contributed by atoms with E-state index in [0.717, 1.165) is 22.5 Å².